The number of amides is 1. The predicted molar refractivity (Wildman–Crippen MR) is 127 cm³/mol. The van der Waals surface area contributed by atoms with E-state index < -0.39 is 0 Å². The molecule has 2 aromatic carbocycles. The lowest BCUT2D eigenvalue weighted by molar-refractivity contribution is -0.102. The minimum atomic E-state index is -0.233. The SMILES string of the molecule is CON(Cc1ccc(N2CCOCC2)cc1)C(=O)c1ccc2nc(N)c3cnn(C)c3c2c1. The predicted octanol–water partition coefficient (Wildman–Crippen LogP) is 2.74. The Labute approximate surface area is 191 Å². The van der Waals surface area contributed by atoms with Gasteiger partial charge in [0.15, 0.2) is 0 Å². The van der Waals surface area contributed by atoms with Gasteiger partial charge in [-0.15, -0.1) is 0 Å². The second-order valence-corrected chi connectivity index (χ2v) is 8.05. The van der Waals surface area contributed by atoms with Crippen LogP contribution in [0.2, 0.25) is 0 Å². The minimum Gasteiger partial charge on any atom is -0.383 e. The van der Waals surface area contributed by atoms with Crippen LogP contribution in [0.15, 0.2) is 48.7 Å². The standard InChI is InChI=1S/C24H26N6O3/c1-28-22-19-13-17(5-8-21(19)27-23(25)20(22)14-26-28)24(31)30(32-2)15-16-3-6-18(7-4-16)29-9-11-33-12-10-29/h3-8,13-14H,9-12,15H2,1-2H3,(H2,25,27). The number of fused-ring (bicyclic) bond motifs is 3. The number of rotatable bonds is 5. The highest BCUT2D eigenvalue weighted by Crippen LogP contribution is 2.28. The highest BCUT2D eigenvalue weighted by molar-refractivity contribution is 6.10. The Kier molecular flexibility index (Phi) is 5.57. The van der Waals surface area contributed by atoms with Crippen molar-refractivity contribution in [2.45, 2.75) is 6.54 Å². The van der Waals surface area contributed by atoms with E-state index in [1.807, 2.05) is 25.2 Å². The Balaban J connectivity index is 1.40. The van der Waals surface area contributed by atoms with Crippen molar-refractivity contribution in [3.8, 4) is 0 Å². The van der Waals surface area contributed by atoms with Crippen molar-refractivity contribution in [3.05, 3.63) is 59.8 Å². The number of nitrogens with zero attached hydrogens (tertiary/aromatic N) is 5. The van der Waals surface area contributed by atoms with Gasteiger partial charge in [0, 0.05) is 36.8 Å². The topological polar surface area (TPSA) is 98.7 Å². The molecule has 0 spiro atoms. The van der Waals surface area contributed by atoms with Gasteiger partial charge in [0.1, 0.15) is 5.82 Å². The molecule has 33 heavy (non-hydrogen) atoms. The fraction of sp³-hybridized carbons (Fsp3) is 0.292. The van der Waals surface area contributed by atoms with Gasteiger partial charge in [-0.25, -0.2) is 10.0 Å². The average molecular weight is 447 g/mol. The molecule has 9 heteroatoms. The van der Waals surface area contributed by atoms with Crippen LogP contribution in [0.5, 0.6) is 0 Å². The zero-order valence-electron chi connectivity index (χ0n) is 18.7. The molecular weight excluding hydrogens is 420 g/mol. The molecule has 3 heterocycles. The first kappa shape index (κ1) is 21.2. The van der Waals surface area contributed by atoms with E-state index >= 15 is 0 Å². The summed E-state index contributed by atoms with van der Waals surface area (Å²) in [5, 5.41) is 7.23. The number of hydrogen-bond donors (Lipinski definition) is 1. The van der Waals surface area contributed by atoms with Crippen LogP contribution in [0.4, 0.5) is 11.5 Å². The first-order valence-electron chi connectivity index (χ1n) is 10.8. The summed E-state index contributed by atoms with van der Waals surface area (Å²) in [5.74, 6) is 0.188. The number of ether oxygens (including phenoxy) is 1. The molecule has 9 nitrogen and oxygen atoms in total. The third-order valence-corrected chi connectivity index (χ3v) is 6.04. The molecule has 2 aromatic heterocycles. The molecule has 0 unspecified atom stereocenters. The van der Waals surface area contributed by atoms with Crippen LogP contribution in [0.25, 0.3) is 21.8 Å². The van der Waals surface area contributed by atoms with E-state index in [9.17, 15) is 4.79 Å². The molecule has 1 aliphatic heterocycles. The van der Waals surface area contributed by atoms with Crippen molar-refractivity contribution in [1.82, 2.24) is 19.8 Å². The molecule has 5 rings (SSSR count). The largest absolute Gasteiger partial charge is 0.383 e. The number of nitrogens with two attached hydrogens (primary N) is 1. The van der Waals surface area contributed by atoms with Crippen LogP contribution in [0.3, 0.4) is 0 Å². The highest BCUT2D eigenvalue weighted by Gasteiger charge is 2.19. The fourth-order valence-corrected chi connectivity index (χ4v) is 4.25. The van der Waals surface area contributed by atoms with Crippen LogP contribution < -0.4 is 10.6 Å². The summed E-state index contributed by atoms with van der Waals surface area (Å²) in [4.78, 5) is 25.5. The first-order valence-corrected chi connectivity index (χ1v) is 10.8. The maximum absolute atomic E-state index is 13.3. The zero-order valence-corrected chi connectivity index (χ0v) is 18.7. The molecular formula is C24H26N6O3. The van der Waals surface area contributed by atoms with E-state index in [2.05, 4.69) is 27.1 Å². The molecule has 0 radical (unpaired) electrons. The van der Waals surface area contributed by atoms with Gasteiger partial charge < -0.3 is 15.4 Å². The van der Waals surface area contributed by atoms with E-state index in [1.54, 1.807) is 23.0 Å². The van der Waals surface area contributed by atoms with Gasteiger partial charge in [0.05, 0.1) is 49.5 Å². The highest BCUT2D eigenvalue weighted by atomic mass is 16.7. The third-order valence-electron chi connectivity index (χ3n) is 6.04. The summed E-state index contributed by atoms with van der Waals surface area (Å²) in [6, 6.07) is 13.6. The lowest BCUT2D eigenvalue weighted by Crippen LogP contribution is -2.36. The van der Waals surface area contributed by atoms with Crippen LogP contribution >= 0.6 is 0 Å². The number of hydroxylamine groups is 2. The molecule has 0 atom stereocenters. The molecule has 0 bridgehead atoms. The molecule has 170 valence electrons. The van der Waals surface area contributed by atoms with Gasteiger partial charge >= 0.3 is 0 Å². The maximum Gasteiger partial charge on any atom is 0.277 e. The van der Waals surface area contributed by atoms with Crippen molar-refractivity contribution in [2.75, 3.05) is 44.0 Å². The molecule has 1 aliphatic rings. The Morgan fingerprint density at radius 1 is 1.15 bits per heavy atom. The Morgan fingerprint density at radius 3 is 2.64 bits per heavy atom. The Morgan fingerprint density at radius 2 is 1.91 bits per heavy atom. The van der Waals surface area contributed by atoms with Crippen molar-refractivity contribution in [3.63, 3.8) is 0 Å². The van der Waals surface area contributed by atoms with Gasteiger partial charge in [0.2, 0.25) is 0 Å². The lowest BCUT2D eigenvalue weighted by Gasteiger charge is -2.29. The number of aryl methyl sites for hydroxylation is 1. The van der Waals surface area contributed by atoms with Gasteiger partial charge in [-0.1, -0.05) is 12.1 Å². The summed E-state index contributed by atoms with van der Waals surface area (Å²) < 4.78 is 7.17. The van der Waals surface area contributed by atoms with Gasteiger partial charge in [0.25, 0.3) is 5.91 Å². The maximum atomic E-state index is 13.3. The van der Waals surface area contributed by atoms with Crippen molar-refractivity contribution in [2.24, 2.45) is 7.05 Å². The zero-order chi connectivity index (χ0) is 22.9. The molecule has 1 amide bonds. The monoisotopic (exact) mass is 446 g/mol. The molecule has 1 saturated heterocycles. The van der Waals surface area contributed by atoms with Crippen LogP contribution in [0.1, 0.15) is 15.9 Å². The van der Waals surface area contributed by atoms with Crippen LogP contribution in [0, 0.1) is 0 Å². The number of anilines is 2. The number of pyridine rings is 1. The van der Waals surface area contributed by atoms with E-state index in [0.717, 1.165) is 53.8 Å². The lowest BCUT2D eigenvalue weighted by atomic mass is 10.1. The number of benzene rings is 2. The summed E-state index contributed by atoms with van der Waals surface area (Å²) in [6.45, 7) is 3.58. The van der Waals surface area contributed by atoms with Crippen LogP contribution in [-0.4, -0.2) is 59.1 Å². The van der Waals surface area contributed by atoms with Gasteiger partial charge in [-0.05, 0) is 35.9 Å². The smallest absolute Gasteiger partial charge is 0.277 e. The summed E-state index contributed by atoms with van der Waals surface area (Å²) in [7, 11) is 3.35. The van der Waals surface area contributed by atoms with Crippen molar-refractivity contribution >= 4 is 39.2 Å². The number of aromatic nitrogens is 3. The minimum absolute atomic E-state index is 0.233. The third kappa shape index (κ3) is 3.96. The average Bonchev–Trinajstić information content (AvgIpc) is 3.25. The normalized spacial score (nSPS) is 14.2. The number of hydrogen-bond acceptors (Lipinski definition) is 7. The van der Waals surface area contributed by atoms with Gasteiger partial charge in [-0.3, -0.25) is 14.3 Å². The number of carbonyl (C=O) groups is 1. The van der Waals surface area contributed by atoms with Crippen molar-refractivity contribution < 1.29 is 14.4 Å². The molecule has 4 aromatic rings. The van der Waals surface area contributed by atoms with E-state index in [0.29, 0.717) is 23.4 Å². The van der Waals surface area contributed by atoms with E-state index in [1.165, 1.54) is 12.2 Å². The van der Waals surface area contributed by atoms with Gasteiger partial charge in [-0.2, -0.15) is 5.10 Å². The summed E-state index contributed by atoms with van der Waals surface area (Å²) in [6.07, 6.45) is 1.69. The van der Waals surface area contributed by atoms with Crippen LogP contribution in [-0.2, 0) is 23.2 Å². The quantitative estimate of drug-likeness (QED) is 0.471. The number of nitrogen functional groups attached to an aromatic ring is 1. The molecule has 2 N–H and O–H groups in total. The Bertz CT molecular complexity index is 1310. The first-order chi connectivity index (χ1) is 16.0. The summed E-state index contributed by atoms with van der Waals surface area (Å²) in [5.41, 5.74) is 10.3. The fourth-order valence-electron chi connectivity index (χ4n) is 4.25. The molecule has 0 aliphatic carbocycles. The van der Waals surface area contributed by atoms with E-state index in [-0.39, 0.29) is 5.91 Å². The number of morpholine rings is 1. The second kappa shape index (κ2) is 8.68. The molecule has 0 saturated carbocycles. The summed E-state index contributed by atoms with van der Waals surface area (Å²) >= 11 is 0. The number of carbonyl (C=O) groups excluding carboxylic acids is 1. The van der Waals surface area contributed by atoms with Crippen molar-refractivity contribution in [1.29, 1.82) is 0 Å². The second-order valence-electron chi connectivity index (χ2n) is 8.05. The molecule has 1 fully saturated rings. The Hall–Kier alpha value is -3.69. The van der Waals surface area contributed by atoms with E-state index in [4.69, 9.17) is 15.3 Å².